The van der Waals surface area contributed by atoms with Crippen molar-refractivity contribution in [3.63, 3.8) is 0 Å². The van der Waals surface area contributed by atoms with Crippen LogP contribution < -0.4 is 4.90 Å². The van der Waals surface area contributed by atoms with Crippen LogP contribution in [0.3, 0.4) is 0 Å². The van der Waals surface area contributed by atoms with Gasteiger partial charge in [0.25, 0.3) is 5.95 Å². The predicted molar refractivity (Wildman–Crippen MR) is 112 cm³/mol. The standard InChI is InChI=1S/C22H16ClN5/c1-27-19-13-12-17(23)14-18(19)20(15-8-4-2-5-9-15)26-28-21(24-25-22(27)28)16-10-6-3-7-11-16/h2-14H,1H3. The molecule has 4 aromatic rings. The summed E-state index contributed by atoms with van der Waals surface area (Å²) in [7, 11) is 1.96. The Bertz CT molecular complexity index is 1180. The number of hydrogen-bond donors (Lipinski definition) is 0. The molecule has 0 fully saturated rings. The minimum atomic E-state index is 0.647. The zero-order chi connectivity index (χ0) is 19.1. The summed E-state index contributed by atoms with van der Waals surface area (Å²) >= 11 is 6.33. The van der Waals surface area contributed by atoms with Gasteiger partial charge in [-0.1, -0.05) is 72.3 Å². The van der Waals surface area contributed by atoms with Gasteiger partial charge in [-0.3, -0.25) is 0 Å². The van der Waals surface area contributed by atoms with Gasteiger partial charge in [-0.2, -0.15) is 9.78 Å². The first-order valence-corrected chi connectivity index (χ1v) is 9.29. The molecule has 0 atom stereocenters. The third-order valence-corrected chi connectivity index (χ3v) is 5.01. The summed E-state index contributed by atoms with van der Waals surface area (Å²) in [6.07, 6.45) is 0. The van der Waals surface area contributed by atoms with Crippen LogP contribution in [-0.2, 0) is 0 Å². The summed E-state index contributed by atoms with van der Waals surface area (Å²) in [4.78, 5) is 1.99. The number of nitrogens with zero attached hydrogens (tertiary/aromatic N) is 5. The second-order valence-electron chi connectivity index (χ2n) is 6.54. The van der Waals surface area contributed by atoms with Crippen molar-refractivity contribution in [2.75, 3.05) is 11.9 Å². The van der Waals surface area contributed by atoms with E-state index in [1.54, 1.807) is 4.68 Å². The number of aromatic nitrogens is 3. The van der Waals surface area contributed by atoms with Gasteiger partial charge in [-0.15, -0.1) is 10.2 Å². The SMILES string of the molecule is CN1c2ccc(Cl)cc2C(c2ccccc2)=Nn2c(-c3ccccc3)nnc21. The maximum atomic E-state index is 6.33. The van der Waals surface area contributed by atoms with Crippen LogP contribution in [0.5, 0.6) is 0 Å². The van der Waals surface area contributed by atoms with Gasteiger partial charge in [-0.05, 0) is 18.2 Å². The molecule has 0 spiro atoms. The van der Waals surface area contributed by atoms with Gasteiger partial charge in [-0.25, -0.2) is 0 Å². The van der Waals surface area contributed by atoms with E-state index >= 15 is 0 Å². The minimum Gasteiger partial charge on any atom is -0.312 e. The molecule has 136 valence electrons. The van der Waals surface area contributed by atoms with Crippen molar-refractivity contribution in [3.8, 4) is 11.4 Å². The minimum absolute atomic E-state index is 0.647. The molecule has 6 heteroatoms. The van der Waals surface area contributed by atoms with Crippen LogP contribution in [0.4, 0.5) is 11.6 Å². The Morgan fingerprint density at radius 3 is 2.18 bits per heavy atom. The Morgan fingerprint density at radius 1 is 0.786 bits per heavy atom. The highest BCUT2D eigenvalue weighted by molar-refractivity contribution is 6.31. The lowest BCUT2D eigenvalue weighted by Crippen LogP contribution is -2.14. The van der Waals surface area contributed by atoms with Gasteiger partial charge in [0.15, 0.2) is 5.82 Å². The zero-order valence-electron chi connectivity index (χ0n) is 15.1. The Labute approximate surface area is 167 Å². The molecule has 1 aliphatic rings. The van der Waals surface area contributed by atoms with E-state index in [4.69, 9.17) is 16.7 Å². The number of halogens is 1. The van der Waals surface area contributed by atoms with Crippen molar-refractivity contribution in [3.05, 3.63) is 95.0 Å². The molecule has 3 aromatic carbocycles. The van der Waals surface area contributed by atoms with Crippen LogP contribution in [0, 0.1) is 0 Å². The lowest BCUT2D eigenvalue weighted by Gasteiger charge is -2.18. The quantitative estimate of drug-likeness (QED) is 0.489. The molecule has 0 bridgehead atoms. The first-order valence-electron chi connectivity index (χ1n) is 8.91. The summed E-state index contributed by atoms with van der Waals surface area (Å²) in [5, 5.41) is 14.5. The number of rotatable bonds is 2. The molecule has 0 saturated carbocycles. The molecule has 0 aliphatic carbocycles. The van der Waals surface area contributed by atoms with Crippen molar-refractivity contribution in [2.45, 2.75) is 0 Å². The Hall–Kier alpha value is -3.44. The third-order valence-electron chi connectivity index (χ3n) is 4.78. The third kappa shape index (κ3) is 2.68. The molecule has 0 unspecified atom stereocenters. The molecule has 0 radical (unpaired) electrons. The van der Waals surface area contributed by atoms with E-state index in [0.29, 0.717) is 16.8 Å². The van der Waals surface area contributed by atoms with E-state index in [2.05, 4.69) is 10.2 Å². The fraction of sp³-hybridized carbons (Fsp3) is 0.0455. The van der Waals surface area contributed by atoms with Crippen LogP contribution in [0.15, 0.2) is 84.0 Å². The van der Waals surface area contributed by atoms with Gasteiger partial charge >= 0.3 is 0 Å². The summed E-state index contributed by atoms with van der Waals surface area (Å²) in [6, 6.07) is 25.8. The molecule has 0 amide bonds. The number of benzene rings is 3. The largest absolute Gasteiger partial charge is 0.312 e. The maximum Gasteiger partial charge on any atom is 0.252 e. The second-order valence-corrected chi connectivity index (χ2v) is 6.97. The van der Waals surface area contributed by atoms with Crippen LogP contribution in [-0.4, -0.2) is 27.6 Å². The van der Waals surface area contributed by atoms with Crippen molar-refractivity contribution >= 4 is 28.9 Å². The molecule has 0 saturated heterocycles. The van der Waals surface area contributed by atoms with Crippen LogP contribution in [0.25, 0.3) is 11.4 Å². The Balaban J connectivity index is 1.82. The monoisotopic (exact) mass is 385 g/mol. The first kappa shape index (κ1) is 16.7. The second kappa shape index (κ2) is 6.62. The van der Waals surface area contributed by atoms with Gasteiger partial charge < -0.3 is 4.90 Å². The molecular weight excluding hydrogens is 370 g/mol. The fourth-order valence-electron chi connectivity index (χ4n) is 3.40. The van der Waals surface area contributed by atoms with Crippen molar-refractivity contribution in [1.82, 2.24) is 14.9 Å². The Morgan fingerprint density at radius 2 is 1.46 bits per heavy atom. The van der Waals surface area contributed by atoms with Gasteiger partial charge in [0.05, 0.1) is 5.69 Å². The highest BCUT2D eigenvalue weighted by Crippen LogP contribution is 2.35. The van der Waals surface area contributed by atoms with E-state index in [-0.39, 0.29) is 0 Å². The zero-order valence-corrected chi connectivity index (χ0v) is 15.9. The van der Waals surface area contributed by atoms with E-state index in [1.807, 2.05) is 90.8 Å². The summed E-state index contributed by atoms with van der Waals surface area (Å²) in [5.74, 6) is 1.34. The highest BCUT2D eigenvalue weighted by atomic mass is 35.5. The normalized spacial score (nSPS) is 12.8. The topological polar surface area (TPSA) is 46.3 Å². The van der Waals surface area contributed by atoms with E-state index in [0.717, 1.165) is 28.1 Å². The number of anilines is 2. The molecule has 5 rings (SSSR count). The lowest BCUT2D eigenvalue weighted by atomic mass is 10.0. The number of hydrogen-bond acceptors (Lipinski definition) is 4. The van der Waals surface area contributed by atoms with Crippen LogP contribution >= 0.6 is 11.6 Å². The van der Waals surface area contributed by atoms with E-state index in [1.165, 1.54) is 0 Å². The molecule has 0 N–H and O–H groups in total. The van der Waals surface area contributed by atoms with Gasteiger partial charge in [0.1, 0.15) is 5.71 Å². The van der Waals surface area contributed by atoms with Crippen molar-refractivity contribution in [1.29, 1.82) is 0 Å². The predicted octanol–water partition coefficient (Wildman–Crippen LogP) is 4.98. The lowest BCUT2D eigenvalue weighted by molar-refractivity contribution is 0.868. The first-order chi connectivity index (χ1) is 13.7. The average Bonchev–Trinajstić information content (AvgIpc) is 3.11. The summed E-state index contributed by atoms with van der Waals surface area (Å²) < 4.78 is 1.80. The molecule has 1 aromatic heterocycles. The summed E-state index contributed by atoms with van der Waals surface area (Å²) in [6.45, 7) is 0. The average molecular weight is 386 g/mol. The van der Waals surface area contributed by atoms with E-state index < -0.39 is 0 Å². The van der Waals surface area contributed by atoms with Crippen LogP contribution in [0.2, 0.25) is 5.02 Å². The highest BCUT2D eigenvalue weighted by Gasteiger charge is 2.26. The van der Waals surface area contributed by atoms with Crippen LogP contribution in [0.1, 0.15) is 11.1 Å². The summed E-state index contributed by atoms with van der Waals surface area (Å²) in [5.41, 5.74) is 4.69. The van der Waals surface area contributed by atoms with E-state index in [9.17, 15) is 0 Å². The molecule has 28 heavy (non-hydrogen) atoms. The van der Waals surface area contributed by atoms with Crippen molar-refractivity contribution < 1.29 is 0 Å². The van der Waals surface area contributed by atoms with Gasteiger partial charge in [0.2, 0.25) is 0 Å². The molecule has 5 nitrogen and oxygen atoms in total. The maximum absolute atomic E-state index is 6.33. The van der Waals surface area contributed by atoms with Crippen molar-refractivity contribution in [2.24, 2.45) is 5.10 Å². The number of fused-ring (bicyclic) bond motifs is 2. The molecule has 1 aliphatic heterocycles. The molecule has 2 heterocycles. The smallest absolute Gasteiger partial charge is 0.252 e. The Kier molecular flexibility index (Phi) is 3.95. The molecular formula is C22H16ClN5. The van der Waals surface area contributed by atoms with Gasteiger partial charge in [0, 0.05) is 28.8 Å². The fourth-order valence-corrected chi connectivity index (χ4v) is 3.57.